The van der Waals surface area contributed by atoms with Crippen LogP contribution in [0.4, 0.5) is 0 Å². The number of halogens is 1. The molecule has 0 saturated carbocycles. The van der Waals surface area contributed by atoms with Crippen molar-refractivity contribution in [1.82, 2.24) is 20.6 Å². The minimum atomic E-state index is 0. The topological polar surface area (TPSA) is 71.4 Å². The maximum Gasteiger partial charge on any atom is 0.213 e. The largest absolute Gasteiger partial charge is 0.475 e. The zero-order chi connectivity index (χ0) is 18.2. The summed E-state index contributed by atoms with van der Waals surface area (Å²) in [4.78, 5) is 14.6. The Morgan fingerprint density at radius 3 is 2.58 bits per heavy atom. The van der Waals surface area contributed by atoms with Gasteiger partial charge in [-0.05, 0) is 40.2 Å². The molecule has 2 aromatic rings. The van der Waals surface area contributed by atoms with E-state index in [9.17, 15) is 0 Å². The molecule has 0 bridgehead atoms. The zero-order valence-electron chi connectivity index (χ0n) is 16.0. The predicted molar refractivity (Wildman–Crippen MR) is 119 cm³/mol. The van der Waals surface area contributed by atoms with Crippen molar-refractivity contribution in [2.45, 2.75) is 53.8 Å². The van der Waals surface area contributed by atoms with E-state index >= 15 is 0 Å². The molecule has 0 spiro atoms. The number of nitrogens with zero attached hydrogens (tertiary/aromatic N) is 3. The number of nitrogens with one attached hydrogen (secondary N) is 2. The molecular weight excluding hydrogens is 461 g/mol. The molecule has 0 radical (unpaired) electrons. The highest BCUT2D eigenvalue weighted by atomic mass is 127. The van der Waals surface area contributed by atoms with Gasteiger partial charge < -0.3 is 15.4 Å². The maximum absolute atomic E-state index is 5.56. The molecule has 0 unspecified atom stereocenters. The standard InChI is InChI=1S/C18H27N5OS.HI/c1-6-19-18(22-11-16-13(4)23-14(5)25-16)21-10-15-7-8-17(20-9-15)24-12(2)3;/h7-9,12H,6,10-11H2,1-5H3,(H2,19,21,22);1H. The quantitative estimate of drug-likeness (QED) is 0.352. The number of guanidine groups is 1. The Bertz CT molecular complexity index is 700. The first-order valence-corrected chi connectivity index (χ1v) is 9.36. The Hall–Kier alpha value is -1.42. The molecule has 0 aliphatic rings. The minimum Gasteiger partial charge on any atom is -0.475 e. The number of aryl methyl sites for hydroxylation is 2. The predicted octanol–water partition coefficient (Wildman–Crippen LogP) is 3.82. The van der Waals surface area contributed by atoms with E-state index in [0.717, 1.165) is 35.3 Å². The normalized spacial score (nSPS) is 11.2. The fraction of sp³-hybridized carbons (Fsp3) is 0.500. The van der Waals surface area contributed by atoms with Crippen LogP contribution in [0.1, 0.15) is 41.9 Å². The molecule has 144 valence electrons. The average Bonchev–Trinajstić information content (AvgIpc) is 2.88. The third-order valence-corrected chi connectivity index (χ3v) is 4.41. The summed E-state index contributed by atoms with van der Waals surface area (Å²) < 4.78 is 5.56. The second kappa shape index (κ2) is 11.3. The van der Waals surface area contributed by atoms with Gasteiger partial charge in [-0.15, -0.1) is 35.3 Å². The molecule has 0 saturated heterocycles. The third-order valence-electron chi connectivity index (χ3n) is 3.33. The van der Waals surface area contributed by atoms with Crippen molar-refractivity contribution in [2.24, 2.45) is 4.99 Å². The van der Waals surface area contributed by atoms with Crippen molar-refractivity contribution < 1.29 is 4.74 Å². The van der Waals surface area contributed by atoms with Crippen molar-refractivity contribution in [2.75, 3.05) is 6.54 Å². The summed E-state index contributed by atoms with van der Waals surface area (Å²) in [6.45, 7) is 12.2. The van der Waals surface area contributed by atoms with Crippen LogP contribution in [0.25, 0.3) is 0 Å². The molecule has 2 aromatic heterocycles. The molecule has 2 rings (SSSR count). The van der Waals surface area contributed by atoms with Gasteiger partial charge in [-0.3, -0.25) is 0 Å². The van der Waals surface area contributed by atoms with Crippen molar-refractivity contribution >= 4 is 41.3 Å². The van der Waals surface area contributed by atoms with E-state index in [1.54, 1.807) is 11.3 Å². The Morgan fingerprint density at radius 2 is 2.04 bits per heavy atom. The van der Waals surface area contributed by atoms with Gasteiger partial charge in [0.15, 0.2) is 5.96 Å². The van der Waals surface area contributed by atoms with Gasteiger partial charge in [0.1, 0.15) is 0 Å². The van der Waals surface area contributed by atoms with Crippen LogP contribution in [0.15, 0.2) is 23.3 Å². The molecule has 0 aliphatic heterocycles. The lowest BCUT2D eigenvalue weighted by molar-refractivity contribution is 0.232. The second-order valence-corrected chi connectivity index (χ2v) is 7.25. The SMILES string of the molecule is CCNC(=NCc1ccc(OC(C)C)nc1)NCc1sc(C)nc1C.I. The van der Waals surface area contributed by atoms with Gasteiger partial charge in [0.25, 0.3) is 0 Å². The van der Waals surface area contributed by atoms with Crippen LogP contribution < -0.4 is 15.4 Å². The summed E-state index contributed by atoms with van der Waals surface area (Å²) in [5, 5.41) is 7.72. The summed E-state index contributed by atoms with van der Waals surface area (Å²) >= 11 is 1.71. The van der Waals surface area contributed by atoms with E-state index in [1.165, 1.54) is 4.88 Å². The number of hydrogen-bond donors (Lipinski definition) is 2. The van der Waals surface area contributed by atoms with Crippen LogP contribution in [0.2, 0.25) is 0 Å². The van der Waals surface area contributed by atoms with Crippen LogP contribution in [0, 0.1) is 13.8 Å². The van der Waals surface area contributed by atoms with Crippen LogP contribution in [-0.2, 0) is 13.1 Å². The number of thiazole rings is 1. The van der Waals surface area contributed by atoms with E-state index in [1.807, 2.05) is 46.0 Å². The summed E-state index contributed by atoms with van der Waals surface area (Å²) in [6.07, 6.45) is 1.93. The highest BCUT2D eigenvalue weighted by molar-refractivity contribution is 14.0. The number of rotatable bonds is 7. The van der Waals surface area contributed by atoms with Crippen LogP contribution in [0.3, 0.4) is 0 Å². The second-order valence-electron chi connectivity index (χ2n) is 5.96. The number of hydrogen-bond acceptors (Lipinski definition) is 5. The van der Waals surface area contributed by atoms with Gasteiger partial charge in [0, 0.05) is 23.7 Å². The molecule has 6 nitrogen and oxygen atoms in total. The number of aliphatic imine (C=N–C) groups is 1. The molecule has 26 heavy (non-hydrogen) atoms. The van der Waals surface area contributed by atoms with Gasteiger partial charge in [-0.25, -0.2) is 15.0 Å². The van der Waals surface area contributed by atoms with Gasteiger partial charge in [-0.2, -0.15) is 0 Å². The lowest BCUT2D eigenvalue weighted by Gasteiger charge is -2.11. The Labute approximate surface area is 176 Å². The molecule has 0 atom stereocenters. The van der Waals surface area contributed by atoms with Gasteiger partial charge in [-0.1, -0.05) is 6.07 Å². The maximum atomic E-state index is 5.56. The van der Waals surface area contributed by atoms with Crippen LogP contribution in [0.5, 0.6) is 5.88 Å². The fourth-order valence-corrected chi connectivity index (χ4v) is 3.11. The minimum absolute atomic E-state index is 0. The van der Waals surface area contributed by atoms with E-state index in [0.29, 0.717) is 12.4 Å². The molecule has 8 heteroatoms. The summed E-state index contributed by atoms with van der Waals surface area (Å²) in [6, 6.07) is 3.88. The van der Waals surface area contributed by atoms with Gasteiger partial charge >= 0.3 is 0 Å². The summed E-state index contributed by atoms with van der Waals surface area (Å²) in [5.74, 6) is 1.43. The fourth-order valence-electron chi connectivity index (χ4n) is 2.23. The Kier molecular flexibility index (Phi) is 9.85. The number of pyridine rings is 1. The van der Waals surface area contributed by atoms with E-state index in [2.05, 4.69) is 32.5 Å². The average molecular weight is 489 g/mol. The molecular formula is C18H28IN5OS. The van der Waals surface area contributed by atoms with E-state index in [-0.39, 0.29) is 30.1 Å². The molecule has 2 N–H and O–H groups in total. The smallest absolute Gasteiger partial charge is 0.213 e. The van der Waals surface area contributed by atoms with Crippen LogP contribution in [-0.4, -0.2) is 28.6 Å². The van der Waals surface area contributed by atoms with Crippen molar-refractivity contribution in [3.8, 4) is 5.88 Å². The first-order chi connectivity index (χ1) is 12.0. The van der Waals surface area contributed by atoms with Crippen molar-refractivity contribution in [3.63, 3.8) is 0 Å². The lowest BCUT2D eigenvalue weighted by Crippen LogP contribution is -2.36. The molecule has 0 fully saturated rings. The third kappa shape index (κ3) is 7.45. The zero-order valence-corrected chi connectivity index (χ0v) is 19.1. The first-order valence-electron chi connectivity index (χ1n) is 8.54. The molecule has 2 heterocycles. The Morgan fingerprint density at radius 1 is 1.27 bits per heavy atom. The first kappa shape index (κ1) is 22.6. The monoisotopic (exact) mass is 489 g/mol. The van der Waals surface area contributed by atoms with Crippen LogP contribution >= 0.6 is 35.3 Å². The van der Waals surface area contributed by atoms with Crippen molar-refractivity contribution in [3.05, 3.63) is 39.5 Å². The van der Waals surface area contributed by atoms with E-state index in [4.69, 9.17) is 4.74 Å². The van der Waals surface area contributed by atoms with Gasteiger partial charge in [0.05, 0.1) is 29.9 Å². The highest BCUT2D eigenvalue weighted by Gasteiger charge is 2.06. The van der Waals surface area contributed by atoms with Crippen molar-refractivity contribution in [1.29, 1.82) is 0 Å². The molecule has 0 aliphatic carbocycles. The number of ether oxygens (including phenoxy) is 1. The number of aromatic nitrogens is 2. The van der Waals surface area contributed by atoms with Gasteiger partial charge in [0.2, 0.25) is 5.88 Å². The Balaban J connectivity index is 0.00000338. The lowest BCUT2D eigenvalue weighted by atomic mass is 10.3. The van der Waals surface area contributed by atoms with E-state index < -0.39 is 0 Å². The molecule has 0 amide bonds. The summed E-state index contributed by atoms with van der Waals surface area (Å²) in [7, 11) is 0. The summed E-state index contributed by atoms with van der Waals surface area (Å²) in [5.41, 5.74) is 2.12. The molecule has 0 aromatic carbocycles. The highest BCUT2D eigenvalue weighted by Crippen LogP contribution is 2.16.